The molecular weight excluding hydrogens is 286 g/mol. The fourth-order valence-corrected chi connectivity index (χ4v) is 2.47. The van der Waals surface area contributed by atoms with Crippen molar-refractivity contribution in [2.24, 2.45) is 11.3 Å². The van der Waals surface area contributed by atoms with Crippen LogP contribution >= 0.6 is 0 Å². The number of aromatic nitrogens is 1. The van der Waals surface area contributed by atoms with Gasteiger partial charge in [-0.3, -0.25) is 4.79 Å². The number of pyridine rings is 1. The Morgan fingerprint density at radius 2 is 2.00 bits per heavy atom. The highest BCUT2D eigenvalue weighted by molar-refractivity contribution is 5.94. The van der Waals surface area contributed by atoms with Gasteiger partial charge in [0.1, 0.15) is 17.5 Å². The largest absolute Gasteiger partial charge is 0.310 e. The highest BCUT2D eigenvalue weighted by Crippen LogP contribution is 2.51. The third-order valence-electron chi connectivity index (χ3n) is 4.08. The molecule has 1 saturated carbocycles. The Labute approximate surface area is 127 Å². The molecular formula is C17H16F2N2O. The van der Waals surface area contributed by atoms with Crippen LogP contribution in [0.5, 0.6) is 0 Å². The van der Waals surface area contributed by atoms with Crippen molar-refractivity contribution in [3.8, 4) is 11.1 Å². The van der Waals surface area contributed by atoms with Gasteiger partial charge in [0.05, 0.1) is 0 Å². The Morgan fingerprint density at radius 1 is 1.27 bits per heavy atom. The Hall–Kier alpha value is -2.30. The summed E-state index contributed by atoms with van der Waals surface area (Å²) in [6.07, 6.45) is 2.29. The standard InChI is InChI=1S/C17H16F2N2O/c1-17(2)8-13(17)16(22)21-15-6-3-10(9-20-15)12-7-11(18)4-5-14(12)19/h3-7,9,13H,8H2,1-2H3,(H,20,21,22). The number of nitrogens with one attached hydrogen (secondary N) is 1. The van der Waals surface area contributed by atoms with E-state index in [0.29, 0.717) is 11.4 Å². The molecule has 114 valence electrons. The number of carbonyl (C=O) groups is 1. The van der Waals surface area contributed by atoms with E-state index in [1.54, 1.807) is 12.1 Å². The summed E-state index contributed by atoms with van der Waals surface area (Å²) in [7, 11) is 0. The average molecular weight is 302 g/mol. The maximum atomic E-state index is 13.7. The van der Waals surface area contributed by atoms with Crippen molar-refractivity contribution in [1.82, 2.24) is 4.98 Å². The van der Waals surface area contributed by atoms with E-state index in [1.165, 1.54) is 6.20 Å². The van der Waals surface area contributed by atoms with Gasteiger partial charge in [-0.1, -0.05) is 13.8 Å². The lowest BCUT2D eigenvalue weighted by molar-refractivity contribution is -0.118. The van der Waals surface area contributed by atoms with Crippen LogP contribution in [-0.4, -0.2) is 10.9 Å². The molecule has 1 aliphatic rings. The molecule has 0 radical (unpaired) electrons. The van der Waals surface area contributed by atoms with Crippen LogP contribution in [0, 0.1) is 23.0 Å². The molecule has 0 saturated heterocycles. The van der Waals surface area contributed by atoms with Crippen molar-refractivity contribution >= 4 is 11.7 Å². The summed E-state index contributed by atoms with van der Waals surface area (Å²) in [5.74, 6) is -0.658. The predicted octanol–water partition coefficient (Wildman–Crippen LogP) is 4.01. The molecule has 1 unspecified atom stereocenters. The molecule has 3 nitrogen and oxygen atoms in total. The number of amides is 1. The maximum absolute atomic E-state index is 13.7. The molecule has 1 aromatic carbocycles. The highest BCUT2D eigenvalue weighted by Gasteiger charge is 2.50. The van der Waals surface area contributed by atoms with E-state index < -0.39 is 11.6 Å². The lowest BCUT2D eigenvalue weighted by Gasteiger charge is -2.07. The van der Waals surface area contributed by atoms with Crippen LogP contribution in [0.2, 0.25) is 0 Å². The summed E-state index contributed by atoms with van der Waals surface area (Å²) in [5, 5.41) is 2.75. The second-order valence-electron chi connectivity index (χ2n) is 6.29. The van der Waals surface area contributed by atoms with E-state index >= 15 is 0 Å². The fraction of sp³-hybridized carbons (Fsp3) is 0.294. The molecule has 1 aliphatic carbocycles. The fourth-order valence-electron chi connectivity index (χ4n) is 2.47. The average Bonchev–Trinajstić information content (AvgIpc) is 3.12. The van der Waals surface area contributed by atoms with Crippen molar-refractivity contribution in [2.75, 3.05) is 5.32 Å². The van der Waals surface area contributed by atoms with Gasteiger partial charge in [-0.2, -0.15) is 0 Å². The molecule has 0 spiro atoms. The van der Waals surface area contributed by atoms with Gasteiger partial charge >= 0.3 is 0 Å². The van der Waals surface area contributed by atoms with Gasteiger partial charge in [-0.05, 0) is 42.2 Å². The van der Waals surface area contributed by atoms with Crippen LogP contribution < -0.4 is 5.32 Å². The summed E-state index contributed by atoms with van der Waals surface area (Å²) < 4.78 is 26.9. The summed E-state index contributed by atoms with van der Waals surface area (Å²) in [6, 6.07) is 6.47. The Bertz CT molecular complexity index is 726. The number of hydrogen-bond donors (Lipinski definition) is 1. The van der Waals surface area contributed by atoms with E-state index in [1.807, 2.05) is 13.8 Å². The van der Waals surface area contributed by atoms with Gasteiger partial charge in [-0.15, -0.1) is 0 Å². The van der Waals surface area contributed by atoms with E-state index in [-0.39, 0.29) is 22.8 Å². The first kappa shape index (κ1) is 14.6. The van der Waals surface area contributed by atoms with E-state index in [9.17, 15) is 13.6 Å². The molecule has 1 amide bonds. The number of nitrogens with zero attached hydrogens (tertiary/aromatic N) is 1. The first-order valence-corrected chi connectivity index (χ1v) is 7.09. The van der Waals surface area contributed by atoms with Crippen LogP contribution in [0.1, 0.15) is 20.3 Å². The molecule has 0 aliphatic heterocycles. The normalized spacial score (nSPS) is 18.8. The third kappa shape index (κ3) is 2.84. The van der Waals surface area contributed by atoms with E-state index in [4.69, 9.17) is 0 Å². The van der Waals surface area contributed by atoms with Crippen LogP contribution in [0.15, 0.2) is 36.5 Å². The summed E-state index contributed by atoms with van der Waals surface area (Å²) in [4.78, 5) is 16.1. The molecule has 1 N–H and O–H groups in total. The molecule has 1 atom stereocenters. The van der Waals surface area contributed by atoms with Crippen molar-refractivity contribution in [2.45, 2.75) is 20.3 Å². The van der Waals surface area contributed by atoms with Crippen molar-refractivity contribution in [3.05, 3.63) is 48.2 Å². The first-order valence-electron chi connectivity index (χ1n) is 7.09. The number of anilines is 1. The van der Waals surface area contributed by atoms with Crippen LogP contribution in [-0.2, 0) is 4.79 Å². The van der Waals surface area contributed by atoms with Crippen molar-refractivity contribution in [1.29, 1.82) is 0 Å². The number of hydrogen-bond acceptors (Lipinski definition) is 2. The minimum Gasteiger partial charge on any atom is -0.310 e. The number of benzene rings is 1. The molecule has 5 heteroatoms. The molecule has 1 aromatic heterocycles. The van der Waals surface area contributed by atoms with Crippen molar-refractivity contribution < 1.29 is 13.6 Å². The maximum Gasteiger partial charge on any atom is 0.229 e. The second kappa shape index (κ2) is 5.16. The van der Waals surface area contributed by atoms with Gasteiger partial charge in [0, 0.05) is 23.2 Å². The van der Waals surface area contributed by atoms with Gasteiger partial charge in [-0.25, -0.2) is 13.8 Å². The highest BCUT2D eigenvalue weighted by atomic mass is 19.1. The zero-order valence-corrected chi connectivity index (χ0v) is 12.4. The quantitative estimate of drug-likeness (QED) is 0.930. The molecule has 22 heavy (non-hydrogen) atoms. The first-order chi connectivity index (χ1) is 10.4. The summed E-state index contributed by atoms with van der Waals surface area (Å²) >= 11 is 0. The topological polar surface area (TPSA) is 42.0 Å². The number of rotatable bonds is 3. The van der Waals surface area contributed by atoms with Gasteiger partial charge in [0.25, 0.3) is 0 Å². The Balaban J connectivity index is 1.76. The zero-order chi connectivity index (χ0) is 15.9. The molecule has 3 rings (SSSR count). The van der Waals surface area contributed by atoms with Crippen LogP contribution in [0.3, 0.4) is 0 Å². The third-order valence-corrected chi connectivity index (χ3v) is 4.08. The predicted molar refractivity (Wildman–Crippen MR) is 80.1 cm³/mol. The van der Waals surface area contributed by atoms with Gasteiger partial charge in [0.15, 0.2) is 0 Å². The monoisotopic (exact) mass is 302 g/mol. The molecule has 1 heterocycles. The molecule has 1 fully saturated rings. The smallest absolute Gasteiger partial charge is 0.229 e. The van der Waals surface area contributed by atoms with E-state index in [0.717, 1.165) is 24.6 Å². The Morgan fingerprint density at radius 3 is 2.59 bits per heavy atom. The summed E-state index contributed by atoms with van der Waals surface area (Å²) in [5.41, 5.74) is 0.657. The molecule has 0 bridgehead atoms. The minimum atomic E-state index is -0.514. The summed E-state index contributed by atoms with van der Waals surface area (Å²) in [6.45, 7) is 4.08. The Kier molecular flexibility index (Phi) is 3.43. The van der Waals surface area contributed by atoms with Gasteiger partial charge < -0.3 is 5.32 Å². The van der Waals surface area contributed by atoms with Crippen molar-refractivity contribution in [3.63, 3.8) is 0 Å². The number of halogens is 2. The second-order valence-corrected chi connectivity index (χ2v) is 6.29. The number of carbonyl (C=O) groups excluding carboxylic acids is 1. The van der Waals surface area contributed by atoms with Gasteiger partial charge in [0.2, 0.25) is 5.91 Å². The lowest BCUT2D eigenvalue weighted by atomic mass is 10.1. The lowest BCUT2D eigenvalue weighted by Crippen LogP contribution is -2.17. The van der Waals surface area contributed by atoms with Crippen LogP contribution in [0.25, 0.3) is 11.1 Å². The minimum absolute atomic E-state index is 0.00893. The zero-order valence-electron chi connectivity index (χ0n) is 12.4. The molecule has 2 aromatic rings. The SMILES string of the molecule is CC1(C)CC1C(=O)Nc1ccc(-c2cc(F)ccc2F)cn1. The van der Waals surface area contributed by atoms with E-state index in [2.05, 4.69) is 10.3 Å². The van der Waals surface area contributed by atoms with Crippen LogP contribution in [0.4, 0.5) is 14.6 Å².